The second kappa shape index (κ2) is 10.0. The van der Waals surface area contributed by atoms with Gasteiger partial charge in [-0.05, 0) is 42.5 Å². The Hall–Kier alpha value is -0.0600. The minimum absolute atomic E-state index is 0. The maximum atomic E-state index is 13.8. The standard InChI is InChI=1S/C17H24ClFN2.2ClH/c18-16-7-6-14(19)12-15(16)17(13-4-2-1-3-5-13)21-10-8-20-9-11-21;;/h6-7,12-13,17,20H,1-5,8-11H2;2*1H/t17-;;/m0../s1. The second-order valence-electron chi connectivity index (χ2n) is 6.29. The molecule has 2 nitrogen and oxygen atoms in total. The van der Waals surface area contributed by atoms with E-state index in [9.17, 15) is 4.39 Å². The topological polar surface area (TPSA) is 15.3 Å². The first-order chi connectivity index (χ1) is 10.3. The lowest BCUT2D eigenvalue weighted by molar-refractivity contribution is 0.103. The zero-order chi connectivity index (χ0) is 14.7. The van der Waals surface area contributed by atoms with E-state index in [-0.39, 0.29) is 36.7 Å². The van der Waals surface area contributed by atoms with E-state index < -0.39 is 0 Å². The monoisotopic (exact) mass is 382 g/mol. The third-order valence-electron chi connectivity index (χ3n) is 4.92. The van der Waals surface area contributed by atoms with Crippen molar-refractivity contribution >= 4 is 36.4 Å². The van der Waals surface area contributed by atoms with Gasteiger partial charge in [-0.3, -0.25) is 4.90 Å². The molecule has 6 heteroatoms. The predicted octanol–water partition coefficient (Wildman–Crippen LogP) is 4.85. The van der Waals surface area contributed by atoms with Crippen molar-refractivity contribution in [3.63, 3.8) is 0 Å². The van der Waals surface area contributed by atoms with Crippen molar-refractivity contribution < 1.29 is 4.39 Å². The van der Waals surface area contributed by atoms with E-state index in [4.69, 9.17) is 11.6 Å². The summed E-state index contributed by atoms with van der Waals surface area (Å²) in [6, 6.07) is 5.10. The summed E-state index contributed by atoms with van der Waals surface area (Å²) in [5.74, 6) is 0.432. The van der Waals surface area contributed by atoms with Gasteiger partial charge in [0.15, 0.2) is 0 Å². The maximum Gasteiger partial charge on any atom is 0.123 e. The lowest BCUT2D eigenvalue weighted by atomic mass is 9.80. The molecule has 0 spiro atoms. The van der Waals surface area contributed by atoms with Crippen LogP contribution >= 0.6 is 36.4 Å². The first-order valence-corrected chi connectivity index (χ1v) is 8.53. The molecule has 3 rings (SSSR count). The van der Waals surface area contributed by atoms with Gasteiger partial charge in [-0.15, -0.1) is 24.8 Å². The minimum Gasteiger partial charge on any atom is -0.314 e. The van der Waals surface area contributed by atoms with Gasteiger partial charge >= 0.3 is 0 Å². The highest BCUT2D eigenvalue weighted by Crippen LogP contribution is 2.41. The number of benzene rings is 1. The SMILES string of the molecule is Cl.Cl.Fc1ccc(Cl)c([C@H](C2CCCCC2)N2CCNCC2)c1. The van der Waals surface area contributed by atoms with Gasteiger partial charge in [0.05, 0.1) is 0 Å². The zero-order valence-electron chi connectivity index (χ0n) is 13.3. The summed E-state index contributed by atoms with van der Waals surface area (Å²) >= 11 is 6.42. The van der Waals surface area contributed by atoms with E-state index in [0.29, 0.717) is 10.9 Å². The van der Waals surface area contributed by atoms with Gasteiger partial charge in [0.1, 0.15) is 5.82 Å². The summed E-state index contributed by atoms with van der Waals surface area (Å²) in [6.45, 7) is 4.06. The summed E-state index contributed by atoms with van der Waals surface area (Å²) < 4.78 is 13.8. The highest BCUT2D eigenvalue weighted by molar-refractivity contribution is 6.31. The van der Waals surface area contributed by atoms with Crippen LogP contribution in [0.15, 0.2) is 18.2 Å². The molecule has 1 atom stereocenters. The average Bonchev–Trinajstić information content (AvgIpc) is 2.53. The fraction of sp³-hybridized carbons (Fsp3) is 0.647. The highest BCUT2D eigenvalue weighted by atomic mass is 35.5. The lowest BCUT2D eigenvalue weighted by Gasteiger charge is -2.41. The Labute approximate surface area is 156 Å². The van der Waals surface area contributed by atoms with Gasteiger partial charge in [-0.2, -0.15) is 0 Å². The molecule has 0 amide bonds. The van der Waals surface area contributed by atoms with Gasteiger partial charge in [0, 0.05) is 37.2 Å². The van der Waals surface area contributed by atoms with Crippen molar-refractivity contribution in [1.29, 1.82) is 0 Å². The smallest absolute Gasteiger partial charge is 0.123 e. The molecule has 1 aliphatic heterocycles. The van der Waals surface area contributed by atoms with Crippen molar-refractivity contribution in [2.75, 3.05) is 26.2 Å². The maximum absolute atomic E-state index is 13.8. The average molecular weight is 384 g/mol. The lowest BCUT2D eigenvalue weighted by Crippen LogP contribution is -2.47. The number of rotatable bonds is 3. The molecule has 1 N–H and O–H groups in total. The quantitative estimate of drug-likeness (QED) is 0.802. The Morgan fingerprint density at radius 1 is 1.09 bits per heavy atom. The van der Waals surface area contributed by atoms with E-state index in [1.54, 1.807) is 12.1 Å². The molecule has 0 aromatic heterocycles. The fourth-order valence-corrected chi connectivity index (χ4v) is 4.13. The molecule has 1 aliphatic carbocycles. The Morgan fingerprint density at radius 3 is 2.39 bits per heavy atom. The molecule has 2 aliphatic rings. The van der Waals surface area contributed by atoms with E-state index in [0.717, 1.165) is 31.7 Å². The van der Waals surface area contributed by atoms with Crippen LogP contribution in [0.4, 0.5) is 4.39 Å². The van der Waals surface area contributed by atoms with E-state index >= 15 is 0 Å². The molecule has 1 saturated heterocycles. The fourth-order valence-electron chi connectivity index (χ4n) is 3.90. The molecule has 1 aromatic rings. The number of nitrogens with zero attached hydrogens (tertiary/aromatic N) is 1. The summed E-state index contributed by atoms with van der Waals surface area (Å²) in [7, 11) is 0. The number of halogens is 4. The predicted molar refractivity (Wildman–Crippen MR) is 99.7 cm³/mol. The van der Waals surface area contributed by atoms with Crippen molar-refractivity contribution in [2.45, 2.75) is 38.1 Å². The third kappa shape index (κ3) is 5.20. The van der Waals surface area contributed by atoms with Crippen LogP contribution in [-0.4, -0.2) is 31.1 Å². The van der Waals surface area contributed by atoms with E-state index in [1.165, 1.54) is 38.2 Å². The Morgan fingerprint density at radius 2 is 1.74 bits per heavy atom. The molecule has 2 fully saturated rings. The van der Waals surface area contributed by atoms with Gasteiger partial charge in [0.25, 0.3) is 0 Å². The molecule has 1 aromatic carbocycles. The molecule has 1 saturated carbocycles. The minimum atomic E-state index is -0.176. The summed E-state index contributed by atoms with van der Waals surface area (Å²) in [5, 5.41) is 4.11. The molecular formula is C17H26Cl3FN2. The summed E-state index contributed by atoms with van der Waals surface area (Å²) in [6.07, 6.45) is 6.39. The molecule has 23 heavy (non-hydrogen) atoms. The van der Waals surface area contributed by atoms with Crippen molar-refractivity contribution in [3.05, 3.63) is 34.6 Å². The molecule has 0 unspecified atom stereocenters. The van der Waals surface area contributed by atoms with Crippen LogP contribution in [-0.2, 0) is 0 Å². The van der Waals surface area contributed by atoms with Gasteiger partial charge in [-0.25, -0.2) is 4.39 Å². The molecular weight excluding hydrogens is 358 g/mol. The molecule has 0 bridgehead atoms. The zero-order valence-corrected chi connectivity index (χ0v) is 15.7. The van der Waals surface area contributed by atoms with Crippen LogP contribution in [0.25, 0.3) is 0 Å². The Balaban J connectivity index is 0.00000132. The molecule has 0 radical (unpaired) electrons. The van der Waals surface area contributed by atoms with Crippen molar-refractivity contribution in [1.82, 2.24) is 10.2 Å². The van der Waals surface area contributed by atoms with Gasteiger partial charge in [0.2, 0.25) is 0 Å². The molecule has 1 heterocycles. The highest BCUT2D eigenvalue weighted by Gasteiger charge is 2.32. The van der Waals surface area contributed by atoms with Crippen LogP contribution in [0.3, 0.4) is 0 Å². The molecule has 132 valence electrons. The van der Waals surface area contributed by atoms with Crippen LogP contribution in [0.5, 0.6) is 0 Å². The van der Waals surface area contributed by atoms with Crippen molar-refractivity contribution in [3.8, 4) is 0 Å². The third-order valence-corrected chi connectivity index (χ3v) is 5.26. The van der Waals surface area contributed by atoms with Gasteiger partial charge in [-0.1, -0.05) is 30.9 Å². The first-order valence-electron chi connectivity index (χ1n) is 8.15. The van der Waals surface area contributed by atoms with Crippen molar-refractivity contribution in [2.24, 2.45) is 5.92 Å². The summed E-state index contributed by atoms with van der Waals surface area (Å²) in [5.41, 5.74) is 0.991. The largest absolute Gasteiger partial charge is 0.314 e. The number of nitrogens with one attached hydrogen (secondary N) is 1. The van der Waals surface area contributed by atoms with E-state index in [2.05, 4.69) is 10.2 Å². The van der Waals surface area contributed by atoms with Gasteiger partial charge < -0.3 is 5.32 Å². The van der Waals surface area contributed by atoms with Crippen LogP contribution < -0.4 is 5.32 Å². The summed E-state index contributed by atoms with van der Waals surface area (Å²) in [4.78, 5) is 2.51. The van der Waals surface area contributed by atoms with Crippen LogP contribution in [0.2, 0.25) is 5.02 Å². The van der Waals surface area contributed by atoms with Crippen LogP contribution in [0.1, 0.15) is 43.7 Å². The number of piperazine rings is 1. The first kappa shape index (κ1) is 21.0. The van der Waals surface area contributed by atoms with Crippen LogP contribution in [0, 0.1) is 11.7 Å². The normalized spacial score (nSPS) is 21.1. The van der Waals surface area contributed by atoms with E-state index in [1.807, 2.05) is 0 Å². The Bertz CT molecular complexity index is 457. The number of hydrogen-bond acceptors (Lipinski definition) is 2. The second-order valence-corrected chi connectivity index (χ2v) is 6.70. The Kier molecular flexibility index (Phi) is 9.17. The number of hydrogen-bond donors (Lipinski definition) is 1.